The first kappa shape index (κ1) is 15.5. The molecule has 0 aliphatic heterocycles. The molecule has 0 aliphatic carbocycles. The van der Waals surface area contributed by atoms with Crippen LogP contribution in [-0.2, 0) is 0 Å². The third kappa shape index (κ3) is 4.30. The third-order valence-electron chi connectivity index (χ3n) is 2.51. The van der Waals surface area contributed by atoms with Crippen molar-refractivity contribution in [2.75, 3.05) is 12.5 Å². The monoisotopic (exact) mass is 303 g/mol. The van der Waals surface area contributed by atoms with Crippen molar-refractivity contribution in [1.29, 1.82) is 0 Å². The van der Waals surface area contributed by atoms with Crippen LogP contribution < -0.4 is 20.6 Å². The normalized spacial score (nSPS) is 10.9. The summed E-state index contributed by atoms with van der Waals surface area (Å²) in [4.78, 5) is 14.6. The SMILES string of the molecule is COc1cc(/C=N\Nc2cn[nH]c(=O)n2)ccc1OC(C)C. The Balaban J connectivity index is 2.09. The second-order valence-corrected chi connectivity index (χ2v) is 4.62. The Morgan fingerprint density at radius 3 is 2.86 bits per heavy atom. The molecule has 0 atom stereocenters. The van der Waals surface area contributed by atoms with Crippen molar-refractivity contribution < 1.29 is 9.47 Å². The van der Waals surface area contributed by atoms with Gasteiger partial charge in [-0.05, 0) is 37.6 Å². The van der Waals surface area contributed by atoms with E-state index in [2.05, 4.69) is 25.7 Å². The van der Waals surface area contributed by atoms with E-state index in [1.807, 2.05) is 26.0 Å². The Morgan fingerprint density at radius 1 is 1.36 bits per heavy atom. The molecule has 0 fully saturated rings. The molecule has 1 aromatic carbocycles. The van der Waals surface area contributed by atoms with Crippen molar-refractivity contribution in [3.63, 3.8) is 0 Å². The number of benzene rings is 1. The van der Waals surface area contributed by atoms with E-state index < -0.39 is 5.69 Å². The van der Waals surface area contributed by atoms with E-state index in [-0.39, 0.29) is 11.9 Å². The number of H-pyrrole nitrogens is 1. The average Bonchev–Trinajstić information content (AvgIpc) is 2.48. The van der Waals surface area contributed by atoms with Gasteiger partial charge in [0.05, 0.1) is 25.6 Å². The molecule has 2 N–H and O–H groups in total. The van der Waals surface area contributed by atoms with Gasteiger partial charge in [0.1, 0.15) is 0 Å². The summed E-state index contributed by atoms with van der Waals surface area (Å²) < 4.78 is 10.9. The van der Waals surface area contributed by atoms with E-state index >= 15 is 0 Å². The minimum Gasteiger partial charge on any atom is -0.493 e. The van der Waals surface area contributed by atoms with Crippen LogP contribution in [-0.4, -0.2) is 34.6 Å². The minimum atomic E-state index is -0.544. The Morgan fingerprint density at radius 2 is 2.18 bits per heavy atom. The summed E-state index contributed by atoms with van der Waals surface area (Å²) in [7, 11) is 1.58. The Kier molecular flexibility index (Phi) is 5.07. The number of anilines is 1. The lowest BCUT2D eigenvalue weighted by Crippen LogP contribution is -2.13. The molecule has 0 unspecified atom stereocenters. The van der Waals surface area contributed by atoms with Crippen molar-refractivity contribution in [3.8, 4) is 11.5 Å². The lowest BCUT2D eigenvalue weighted by Gasteiger charge is -2.13. The zero-order valence-electron chi connectivity index (χ0n) is 12.5. The molecular weight excluding hydrogens is 286 g/mol. The second-order valence-electron chi connectivity index (χ2n) is 4.62. The van der Waals surface area contributed by atoms with Gasteiger partial charge in [-0.3, -0.25) is 5.43 Å². The molecule has 0 saturated heterocycles. The maximum absolute atomic E-state index is 11.0. The highest BCUT2D eigenvalue weighted by Crippen LogP contribution is 2.28. The molecule has 2 aromatic rings. The van der Waals surface area contributed by atoms with Crippen LogP contribution in [0.4, 0.5) is 5.82 Å². The number of hydrazone groups is 1. The predicted molar refractivity (Wildman–Crippen MR) is 82.6 cm³/mol. The zero-order valence-corrected chi connectivity index (χ0v) is 12.5. The summed E-state index contributed by atoms with van der Waals surface area (Å²) in [5, 5.41) is 9.77. The van der Waals surface area contributed by atoms with Gasteiger partial charge in [-0.15, -0.1) is 0 Å². The molecule has 0 saturated carbocycles. The predicted octanol–water partition coefficient (Wildman–Crippen LogP) is 1.41. The number of ether oxygens (including phenoxy) is 2. The molecule has 1 heterocycles. The van der Waals surface area contributed by atoms with Crippen LogP contribution in [0.15, 0.2) is 34.3 Å². The summed E-state index contributed by atoms with van der Waals surface area (Å²) in [6, 6.07) is 5.45. The van der Waals surface area contributed by atoms with E-state index in [1.54, 1.807) is 19.4 Å². The van der Waals surface area contributed by atoms with Gasteiger partial charge in [-0.25, -0.2) is 9.89 Å². The van der Waals surface area contributed by atoms with E-state index in [4.69, 9.17) is 9.47 Å². The topological polar surface area (TPSA) is 101 Å². The summed E-state index contributed by atoms with van der Waals surface area (Å²) >= 11 is 0. The number of nitrogens with zero attached hydrogens (tertiary/aromatic N) is 3. The smallest absolute Gasteiger partial charge is 0.363 e. The highest BCUT2D eigenvalue weighted by molar-refractivity contribution is 5.81. The van der Waals surface area contributed by atoms with Crippen molar-refractivity contribution in [2.24, 2.45) is 5.10 Å². The molecule has 8 nitrogen and oxygen atoms in total. The molecule has 0 radical (unpaired) electrons. The molecule has 0 aliphatic rings. The summed E-state index contributed by atoms with van der Waals surface area (Å²) in [5.74, 6) is 1.54. The molecule has 116 valence electrons. The Labute approximate surface area is 127 Å². The molecule has 0 bridgehead atoms. The first-order chi connectivity index (χ1) is 10.6. The molecule has 0 spiro atoms. The van der Waals surface area contributed by atoms with Gasteiger partial charge in [0.15, 0.2) is 17.3 Å². The van der Waals surface area contributed by atoms with Gasteiger partial charge >= 0.3 is 5.69 Å². The zero-order chi connectivity index (χ0) is 15.9. The van der Waals surface area contributed by atoms with Crippen molar-refractivity contribution in [3.05, 3.63) is 40.4 Å². The van der Waals surface area contributed by atoms with E-state index in [0.717, 1.165) is 5.56 Å². The summed E-state index contributed by atoms with van der Waals surface area (Å²) in [6.45, 7) is 3.89. The van der Waals surface area contributed by atoms with Crippen LogP contribution >= 0.6 is 0 Å². The fourth-order valence-electron chi connectivity index (χ4n) is 1.65. The number of hydrogen-bond acceptors (Lipinski definition) is 7. The fraction of sp³-hybridized carbons (Fsp3) is 0.286. The van der Waals surface area contributed by atoms with Crippen LogP contribution in [0.3, 0.4) is 0 Å². The van der Waals surface area contributed by atoms with Gasteiger partial charge in [0, 0.05) is 0 Å². The molecule has 1 aromatic heterocycles. The largest absolute Gasteiger partial charge is 0.493 e. The summed E-state index contributed by atoms with van der Waals surface area (Å²) in [6.07, 6.45) is 2.99. The number of aromatic amines is 1. The van der Waals surface area contributed by atoms with E-state index in [1.165, 1.54) is 6.20 Å². The van der Waals surface area contributed by atoms with Crippen LogP contribution in [0, 0.1) is 0 Å². The Bertz CT molecular complexity index is 712. The maximum atomic E-state index is 11.0. The first-order valence-corrected chi connectivity index (χ1v) is 6.64. The molecule has 2 rings (SSSR count). The number of aromatic nitrogens is 3. The van der Waals surface area contributed by atoms with Crippen LogP contribution in [0.25, 0.3) is 0 Å². The lowest BCUT2D eigenvalue weighted by atomic mass is 10.2. The van der Waals surface area contributed by atoms with Crippen molar-refractivity contribution in [1.82, 2.24) is 15.2 Å². The van der Waals surface area contributed by atoms with Gasteiger partial charge in [0.25, 0.3) is 0 Å². The van der Waals surface area contributed by atoms with Gasteiger partial charge in [-0.1, -0.05) is 0 Å². The molecule has 8 heteroatoms. The Hall–Kier alpha value is -2.90. The maximum Gasteiger partial charge on any atom is 0.363 e. The van der Waals surface area contributed by atoms with Gasteiger partial charge in [-0.2, -0.15) is 15.2 Å². The van der Waals surface area contributed by atoms with Crippen molar-refractivity contribution in [2.45, 2.75) is 20.0 Å². The quantitative estimate of drug-likeness (QED) is 0.618. The van der Waals surface area contributed by atoms with E-state index in [9.17, 15) is 4.79 Å². The number of methoxy groups -OCH3 is 1. The van der Waals surface area contributed by atoms with Crippen molar-refractivity contribution >= 4 is 12.0 Å². The number of hydrogen-bond donors (Lipinski definition) is 2. The number of rotatable bonds is 6. The summed E-state index contributed by atoms with van der Waals surface area (Å²) in [5.41, 5.74) is 2.88. The lowest BCUT2D eigenvalue weighted by molar-refractivity contribution is 0.230. The number of nitrogens with one attached hydrogen (secondary N) is 2. The molecule has 22 heavy (non-hydrogen) atoms. The fourth-order valence-corrected chi connectivity index (χ4v) is 1.65. The highest BCUT2D eigenvalue weighted by Gasteiger charge is 2.06. The minimum absolute atomic E-state index is 0.0600. The second kappa shape index (κ2) is 7.21. The van der Waals surface area contributed by atoms with Crippen LogP contribution in [0.5, 0.6) is 11.5 Å². The third-order valence-corrected chi connectivity index (χ3v) is 2.51. The highest BCUT2D eigenvalue weighted by atomic mass is 16.5. The van der Waals surface area contributed by atoms with Crippen LogP contribution in [0.1, 0.15) is 19.4 Å². The molecule has 0 amide bonds. The van der Waals surface area contributed by atoms with Gasteiger partial charge in [0.2, 0.25) is 0 Å². The van der Waals surface area contributed by atoms with Crippen LogP contribution in [0.2, 0.25) is 0 Å². The van der Waals surface area contributed by atoms with E-state index in [0.29, 0.717) is 11.5 Å². The average molecular weight is 303 g/mol. The van der Waals surface area contributed by atoms with Gasteiger partial charge < -0.3 is 9.47 Å². The molecular formula is C14H17N5O3. The standard InChI is InChI=1S/C14H17N5O3/c1-9(2)22-11-5-4-10(6-12(11)21-3)7-15-18-13-8-16-19-14(20)17-13/h4-9H,1-3H3,(H2,17,18,19,20)/b15-7-. The first-order valence-electron chi connectivity index (χ1n) is 6.64.